The summed E-state index contributed by atoms with van der Waals surface area (Å²) in [7, 11) is -4.78. The Kier molecular flexibility index (Phi) is 37.9. The maximum absolute atomic E-state index is 12.4. The van der Waals surface area contributed by atoms with E-state index in [-0.39, 0.29) is 19.4 Å². The van der Waals surface area contributed by atoms with Gasteiger partial charge >= 0.3 is 19.8 Å². The lowest BCUT2D eigenvalue weighted by Gasteiger charge is -2.18. The minimum Gasteiger partial charge on any atom is -0.462 e. The number of phosphoric ester groups is 1. The molecular weight excluding hydrogens is 699 g/mol. The van der Waals surface area contributed by atoms with E-state index in [1.165, 1.54) is 70.6 Å². The van der Waals surface area contributed by atoms with Crippen LogP contribution in [0.5, 0.6) is 0 Å². The SMILES string of the molecule is CCCCC/C=C/C/C=C/C/C=C/CCCCC(=O)O[C@H](COC(=O)CCC/C=C/C/C=C/C/C=C/C/C=C/CCCCCCCCC)COP(=O)(O)O. The molecule has 0 radical (unpaired) electrons. The van der Waals surface area contributed by atoms with E-state index in [0.717, 1.165) is 57.8 Å². The van der Waals surface area contributed by atoms with E-state index < -0.39 is 32.5 Å². The summed E-state index contributed by atoms with van der Waals surface area (Å²) in [4.78, 5) is 42.8. The molecule has 0 aromatic heterocycles. The van der Waals surface area contributed by atoms with Crippen LogP contribution in [-0.4, -0.2) is 41.0 Å². The van der Waals surface area contributed by atoms with Gasteiger partial charge in [0.1, 0.15) is 6.61 Å². The van der Waals surface area contributed by atoms with Crippen molar-refractivity contribution in [2.24, 2.45) is 0 Å². The average Bonchev–Trinajstić information content (AvgIpc) is 3.14. The molecule has 9 heteroatoms. The first kappa shape index (κ1) is 51.2. The Hall–Kier alpha value is -2.77. The number of unbranched alkanes of at least 4 members (excludes halogenated alkanes) is 13. The van der Waals surface area contributed by atoms with Crippen LogP contribution < -0.4 is 0 Å². The highest BCUT2D eigenvalue weighted by molar-refractivity contribution is 7.46. The van der Waals surface area contributed by atoms with Crippen molar-refractivity contribution in [2.45, 2.75) is 174 Å². The smallest absolute Gasteiger partial charge is 0.462 e. The van der Waals surface area contributed by atoms with Gasteiger partial charge in [-0.05, 0) is 89.9 Å². The number of carbonyl (C=O) groups is 2. The third kappa shape index (κ3) is 42.0. The van der Waals surface area contributed by atoms with Crippen molar-refractivity contribution in [3.63, 3.8) is 0 Å². The molecule has 0 saturated heterocycles. The average molecular weight is 775 g/mol. The lowest BCUT2D eigenvalue weighted by molar-refractivity contribution is -0.161. The standard InChI is InChI=1S/C45H75O8P/c1-3-5-7-9-11-13-15-17-19-20-21-22-23-24-26-27-29-31-33-35-37-39-44(46)51-41-43(42-52-54(48,49)50)53-45(47)40-38-36-34-32-30-28-25-18-16-14-12-10-8-6-4-2/h12,14,18-20,22-23,25-27,30-33,43H,3-11,13,15-17,21,24,28-29,34-42H2,1-2H3,(H2,48,49,50)/b14-12+,20-19+,23-22+,25-18+,27-26+,32-30+,33-31+/t43-/m1/s1. The molecule has 0 aliphatic carbocycles. The van der Waals surface area contributed by atoms with E-state index in [1.54, 1.807) is 0 Å². The molecule has 0 fully saturated rings. The van der Waals surface area contributed by atoms with E-state index in [4.69, 9.17) is 19.3 Å². The van der Waals surface area contributed by atoms with Gasteiger partial charge in [0.2, 0.25) is 0 Å². The molecule has 0 bridgehead atoms. The Morgan fingerprint density at radius 1 is 0.481 bits per heavy atom. The molecule has 0 aliphatic heterocycles. The minimum atomic E-state index is -4.78. The van der Waals surface area contributed by atoms with Gasteiger partial charge in [0, 0.05) is 12.8 Å². The highest BCUT2D eigenvalue weighted by atomic mass is 31.2. The molecule has 0 rings (SSSR count). The van der Waals surface area contributed by atoms with Gasteiger partial charge in [-0.1, -0.05) is 150 Å². The predicted molar refractivity (Wildman–Crippen MR) is 225 cm³/mol. The predicted octanol–water partition coefficient (Wildman–Crippen LogP) is 12.8. The van der Waals surface area contributed by atoms with Crippen molar-refractivity contribution in [1.82, 2.24) is 0 Å². The monoisotopic (exact) mass is 775 g/mol. The zero-order valence-electron chi connectivity index (χ0n) is 33.8. The van der Waals surface area contributed by atoms with E-state index in [0.29, 0.717) is 12.8 Å². The molecule has 2 N–H and O–H groups in total. The Labute approximate surface area is 329 Å². The first-order chi connectivity index (χ1) is 26.3. The number of phosphoric acid groups is 1. The maximum atomic E-state index is 12.4. The molecule has 0 heterocycles. The quantitative estimate of drug-likeness (QED) is 0.0277. The summed E-state index contributed by atoms with van der Waals surface area (Å²) in [6.07, 6.45) is 53.2. The van der Waals surface area contributed by atoms with Crippen molar-refractivity contribution in [3.8, 4) is 0 Å². The van der Waals surface area contributed by atoms with Crippen LogP contribution >= 0.6 is 7.82 Å². The van der Waals surface area contributed by atoms with Gasteiger partial charge in [-0.15, -0.1) is 0 Å². The Bertz CT molecular complexity index is 1140. The van der Waals surface area contributed by atoms with E-state index in [1.807, 2.05) is 6.08 Å². The number of ether oxygens (including phenoxy) is 2. The molecular formula is C45H75O8P. The Morgan fingerprint density at radius 3 is 1.33 bits per heavy atom. The summed E-state index contributed by atoms with van der Waals surface area (Å²) < 4.78 is 26.3. The van der Waals surface area contributed by atoms with Crippen molar-refractivity contribution in [2.75, 3.05) is 13.2 Å². The summed E-state index contributed by atoms with van der Waals surface area (Å²) in [5.74, 6) is -1.00. The van der Waals surface area contributed by atoms with Gasteiger partial charge in [0.15, 0.2) is 6.10 Å². The summed E-state index contributed by atoms with van der Waals surface area (Å²) >= 11 is 0. The lowest BCUT2D eigenvalue weighted by Crippen LogP contribution is -2.29. The summed E-state index contributed by atoms with van der Waals surface area (Å²) in [5, 5.41) is 0. The van der Waals surface area contributed by atoms with Crippen molar-refractivity contribution < 1.29 is 37.9 Å². The van der Waals surface area contributed by atoms with Crippen LogP contribution in [0.25, 0.3) is 0 Å². The number of carbonyl (C=O) groups excluding carboxylic acids is 2. The second-order valence-electron chi connectivity index (χ2n) is 13.6. The number of hydrogen-bond donors (Lipinski definition) is 2. The highest BCUT2D eigenvalue weighted by Gasteiger charge is 2.22. The molecule has 54 heavy (non-hydrogen) atoms. The summed E-state index contributed by atoms with van der Waals surface area (Å²) in [5.41, 5.74) is 0. The topological polar surface area (TPSA) is 119 Å². The van der Waals surface area contributed by atoms with Crippen LogP contribution in [0, 0.1) is 0 Å². The summed E-state index contributed by atoms with van der Waals surface area (Å²) in [6.45, 7) is 3.56. The van der Waals surface area contributed by atoms with Gasteiger partial charge in [-0.2, -0.15) is 0 Å². The number of allylic oxidation sites excluding steroid dienone is 14. The Morgan fingerprint density at radius 2 is 0.852 bits per heavy atom. The third-order valence-electron chi connectivity index (χ3n) is 8.39. The molecule has 308 valence electrons. The van der Waals surface area contributed by atoms with Gasteiger partial charge < -0.3 is 19.3 Å². The van der Waals surface area contributed by atoms with Crippen molar-refractivity contribution in [1.29, 1.82) is 0 Å². The normalized spacial score (nSPS) is 13.3. The van der Waals surface area contributed by atoms with Crippen LogP contribution in [0.2, 0.25) is 0 Å². The number of rotatable bonds is 37. The van der Waals surface area contributed by atoms with Crippen LogP contribution in [-0.2, 0) is 28.2 Å². The van der Waals surface area contributed by atoms with Gasteiger partial charge in [-0.25, -0.2) is 4.57 Å². The lowest BCUT2D eigenvalue weighted by atomic mass is 10.1. The largest absolute Gasteiger partial charge is 0.469 e. The van der Waals surface area contributed by atoms with Crippen LogP contribution in [0.4, 0.5) is 0 Å². The van der Waals surface area contributed by atoms with Gasteiger partial charge in [-0.3, -0.25) is 14.1 Å². The number of hydrogen-bond acceptors (Lipinski definition) is 6. The fraction of sp³-hybridized carbons (Fsp3) is 0.644. The molecule has 0 amide bonds. The van der Waals surface area contributed by atoms with Crippen LogP contribution in [0.1, 0.15) is 168 Å². The third-order valence-corrected chi connectivity index (χ3v) is 8.87. The fourth-order valence-corrected chi connectivity index (χ4v) is 5.61. The van der Waals surface area contributed by atoms with Gasteiger partial charge in [0.05, 0.1) is 6.61 Å². The first-order valence-electron chi connectivity index (χ1n) is 20.9. The molecule has 0 aromatic carbocycles. The van der Waals surface area contributed by atoms with Gasteiger partial charge in [0.25, 0.3) is 0 Å². The fourth-order valence-electron chi connectivity index (χ4n) is 5.25. The number of esters is 2. The second-order valence-corrected chi connectivity index (χ2v) is 14.8. The molecule has 0 aromatic rings. The zero-order valence-corrected chi connectivity index (χ0v) is 34.7. The van der Waals surface area contributed by atoms with Crippen LogP contribution in [0.3, 0.4) is 0 Å². The highest BCUT2D eigenvalue weighted by Crippen LogP contribution is 2.36. The molecule has 8 nitrogen and oxygen atoms in total. The van der Waals surface area contributed by atoms with Crippen LogP contribution in [0.15, 0.2) is 85.1 Å². The van der Waals surface area contributed by atoms with Crippen molar-refractivity contribution in [3.05, 3.63) is 85.1 Å². The Balaban J connectivity index is 4.10. The molecule has 1 atom stereocenters. The van der Waals surface area contributed by atoms with Crippen molar-refractivity contribution >= 4 is 19.8 Å². The zero-order chi connectivity index (χ0) is 39.6. The maximum Gasteiger partial charge on any atom is 0.469 e. The minimum absolute atomic E-state index is 0.147. The molecule has 0 saturated carbocycles. The van der Waals surface area contributed by atoms with E-state index in [2.05, 4.69) is 97.4 Å². The second kappa shape index (κ2) is 39.9. The summed E-state index contributed by atoms with van der Waals surface area (Å²) in [6, 6.07) is 0. The van der Waals surface area contributed by atoms with E-state index >= 15 is 0 Å². The molecule has 0 aliphatic rings. The van der Waals surface area contributed by atoms with E-state index in [9.17, 15) is 14.2 Å². The molecule has 0 unspecified atom stereocenters. The first-order valence-corrected chi connectivity index (χ1v) is 22.4. The molecule has 0 spiro atoms.